The number of aliphatic hydroxyl groups is 1. The molecule has 1 aromatic heterocycles. The van der Waals surface area contributed by atoms with E-state index in [9.17, 15) is 23.1 Å². The van der Waals surface area contributed by atoms with Crippen LogP contribution in [0.5, 0.6) is 17.2 Å². The van der Waals surface area contributed by atoms with Crippen LogP contribution in [-0.2, 0) is 21.3 Å². The van der Waals surface area contributed by atoms with Crippen molar-refractivity contribution in [3.05, 3.63) is 83.2 Å². The second kappa shape index (κ2) is 13.7. The normalized spacial score (nSPS) is 14.2. The molecule has 0 saturated carbocycles. The number of nitrogens with two attached hydrogens (primary N) is 1. The Bertz CT molecular complexity index is 1810. The molecule has 1 fully saturated rings. The lowest BCUT2D eigenvalue weighted by Crippen LogP contribution is -2.38. The van der Waals surface area contributed by atoms with Crippen LogP contribution in [0.3, 0.4) is 0 Å². The quantitative estimate of drug-likeness (QED) is 0.158. The van der Waals surface area contributed by atoms with E-state index in [0.29, 0.717) is 65.6 Å². The minimum atomic E-state index is -4.56. The molecule has 5 rings (SSSR count). The number of benzene rings is 3. The van der Waals surface area contributed by atoms with Crippen molar-refractivity contribution < 1.29 is 37.3 Å². The van der Waals surface area contributed by atoms with Crippen molar-refractivity contribution >= 4 is 45.5 Å². The number of rotatable bonds is 11. The molecule has 0 spiro atoms. The first-order valence-corrected chi connectivity index (χ1v) is 15.0. The van der Waals surface area contributed by atoms with Crippen LogP contribution in [0.25, 0.3) is 16.5 Å². The predicted octanol–water partition coefficient (Wildman–Crippen LogP) is 6.27. The van der Waals surface area contributed by atoms with Crippen molar-refractivity contribution in [2.75, 3.05) is 44.8 Å². The lowest BCUT2D eigenvalue weighted by Gasteiger charge is -2.26. The summed E-state index contributed by atoms with van der Waals surface area (Å²) >= 11 is 6.55. The zero-order chi connectivity index (χ0) is 33.9. The van der Waals surface area contributed by atoms with Gasteiger partial charge in [0.2, 0.25) is 5.91 Å². The molecule has 4 aromatic rings. The van der Waals surface area contributed by atoms with Crippen LogP contribution in [-0.4, -0.2) is 65.3 Å². The number of ether oxygens (including phenoxy) is 3. The van der Waals surface area contributed by atoms with Crippen molar-refractivity contribution in [3.8, 4) is 17.2 Å². The molecule has 1 aliphatic rings. The molecule has 3 aromatic carbocycles. The number of aromatic nitrogens is 2. The van der Waals surface area contributed by atoms with E-state index in [1.165, 1.54) is 44.4 Å². The molecule has 0 bridgehead atoms. The Morgan fingerprint density at radius 3 is 2.55 bits per heavy atom. The Labute approximate surface area is 273 Å². The summed E-state index contributed by atoms with van der Waals surface area (Å²) in [5.41, 5.74) is 4.75. The first-order chi connectivity index (χ1) is 22.2. The Hall–Kier alpha value is -4.43. The number of halogens is 4. The number of amides is 1. The third kappa shape index (κ3) is 8.11. The molecule has 14 heteroatoms. The number of morpholine rings is 1. The van der Waals surface area contributed by atoms with Gasteiger partial charge in [-0.25, -0.2) is 9.97 Å². The average molecular weight is 672 g/mol. The summed E-state index contributed by atoms with van der Waals surface area (Å²) in [7, 11) is 0. The molecule has 4 N–H and O–H groups in total. The van der Waals surface area contributed by atoms with E-state index >= 15 is 0 Å². The monoisotopic (exact) mass is 671 g/mol. The van der Waals surface area contributed by atoms with Crippen LogP contribution in [0.15, 0.2) is 61.4 Å². The van der Waals surface area contributed by atoms with Crippen molar-refractivity contribution in [2.45, 2.75) is 25.6 Å². The van der Waals surface area contributed by atoms with E-state index in [1.54, 1.807) is 12.1 Å². The van der Waals surface area contributed by atoms with Gasteiger partial charge in [-0.3, -0.25) is 9.69 Å². The van der Waals surface area contributed by atoms with Crippen molar-refractivity contribution in [1.82, 2.24) is 14.9 Å². The molecule has 1 aliphatic heterocycles. The highest BCUT2D eigenvalue weighted by Crippen LogP contribution is 2.41. The number of carbonyl (C=O) groups excluding carboxylic acids is 1. The molecule has 0 atom stereocenters. The minimum Gasteiger partial charge on any atom is -0.492 e. The van der Waals surface area contributed by atoms with E-state index in [4.69, 9.17) is 31.5 Å². The van der Waals surface area contributed by atoms with Crippen molar-refractivity contribution in [3.63, 3.8) is 0 Å². The SMILES string of the molecule is C=C(C(N)=O)c1cc2c(Nc3cc(Cl)c(Oc4cccc(C(F)(F)F)c4)cc3C(C)(C)O)ncnc2cc1OCCN1CCOCC1. The number of nitrogens with one attached hydrogen (secondary N) is 1. The van der Waals surface area contributed by atoms with Gasteiger partial charge in [0.1, 0.15) is 36.0 Å². The highest BCUT2D eigenvalue weighted by Gasteiger charge is 2.31. The number of anilines is 2. The number of hydrogen-bond acceptors (Lipinski definition) is 9. The number of carbonyl (C=O) groups is 1. The smallest absolute Gasteiger partial charge is 0.416 e. The van der Waals surface area contributed by atoms with Gasteiger partial charge < -0.3 is 30.4 Å². The molecule has 47 heavy (non-hydrogen) atoms. The van der Waals surface area contributed by atoms with Crippen LogP contribution < -0.4 is 20.5 Å². The van der Waals surface area contributed by atoms with Crippen molar-refractivity contribution in [1.29, 1.82) is 0 Å². The lowest BCUT2D eigenvalue weighted by molar-refractivity contribution is -0.137. The number of fused-ring (bicyclic) bond motifs is 1. The van der Waals surface area contributed by atoms with Gasteiger partial charge in [0.15, 0.2) is 0 Å². The summed E-state index contributed by atoms with van der Waals surface area (Å²) in [4.78, 5) is 23.2. The average Bonchev–Trinajstić information content (AvgIpc) is 3.01. The third-order valence-electron chi connectivity index (χ3n) is 7.50. The maximum absolute atomic E-state index is 13.3. The van der Waals surface area contributed by atoms with Gasteiger partial charge >= 0.3 is 6.18 Å². The topological polar surface area (TPSA) is 132 Å². The lowest BCUT2D eigenvalue weighted by atomic mass is 9.95. The van der Waals surface area contributed by atoms with Crippen LogP contribution in [0.4, 0.5) is 24.7 Å². The molecule has 2 heterocycles. The van der Waals surface area contributed by atoms with Gasteiger partial charge in [-0.2, -0.15) is 13.2 Å². The predicted molar refractivity (Wildman–Crippen MR) is 172 cm³/mol. The minimum absolute atomic E-state index is 0.0272. The number of primary amides is 1. The van der Waals surface area contributed by atoms with Crippen LogP contribution in [0.2, 0.25) is 5.02 Å². The summed E-state index contributed by atoms with van der Waals surface area (Å²) in [6.45, 7) is 10.8. The molecule has 0 aliphatic carbocycles. The van der Waals surface area contributed by atoms with E-state index in [-0.39, 0.29) is 22.1 Å². The second-order valence-corrected chi connectivity index (χ2v) is 11.8. The van der Waals surface area contributed by atoms with Crippen LogP contribution >= 0.6 is 11.6 Å². The number of hydrogen-bond donors (Lipinski definition) is 3. The fourth-order valence-corrected chi connectivity index (χ4v) is 5.21. The maximum atomic E-state index is 13.3. The van der Waals surface area contributed by atoms with Gasteiger partial charge in [0, 0.05) is 53.5 Å². The first kappa shape index (κ1) is 33.9. The van der Waals surface area contributed by atoms with E-state index < -0.39 is 23.2 Å². The Morgan fingerprint density at radius 2 is 1.87 bits per heavy atom. The molecule has 1 saturated heterocycles. The Morgan fingerprint density at radius 1 is 1.13 bits per heavy atom. The van der Waals surface area contributed by atoms with E-state index in [0.717, 1.165) is 25.2 Å². The van der Waals surface area contributed by atoms with Gasteiger partial charge in [-0.05, 0) is 50.2 Å². The fourth-order valence-electron chi connectivity index (χ4n) is 5.01. The van der Waals surface area contributed by atoms with Crippen molar-refractivity contribution in [2.24, 2.45) is 5.73 Å². The zero-order valence-corrected chi connectivity index (χ0v) is 26.4. The van der Waals surface area contributed by atoms with E-state index in [1.807, 2.05) is 0 Å². The summed E-state index contributed by atoms with van der Waals surface area (Å²) in [5, 5.41) is 14.8. The summed E-state index contributed by atoms with van der Waals surface area (Å²) < 4.78 is 57.0. The highest BCUT2D eigenvalue weighted by molar-refractivity contribution is 6.32. The largest absolute Gasteiger partial charge is 0.492 e. The summed E-state index contributed by atoms with van der Waals surface area (Å²) in [6.07, 6.45) is -3.23. The molecule has 0 unspecified atom stereocenters. The highest BCUT2D eigenvalue weighted by atomic mass is 35.5. The van der Waals surface area contributed by atoms with Gasteiger partial charge in [0.25, 0.3) is 0 Å². The summed E-state index contributed by atoms with van der Waals surface area (Å²) in [6, 6.07) is 10.6. The van der Waals surface area contributed by atoms with Gasteiger partial charge in [-0.15, -0.1) is 0 Å². The fraction of sp³-hybridized carbons (Fsp3) is 0.303. The standard InChI is InChI=1S/C33H33ClF3N5O5/c1-19(30(38)43)22-14-23-26(17-28(22)46-12-9-42-7-10-45-11-8-42)39-18-40-31(23)41-27-16-25(34)29(15-24(27)32(2,3)44)47-21-6-4-5-20(13-21)33(35,36)37/h4-6,13-18,44H,1,7-12H2,2-3H3,(H2,38,43)(H,39,40,41). The number of nitrogens with zero attached hydrogens (tertiary/aromatic N) is 3. The third-order valence-corrected chi connectivity index (χ3v) is 7.80. The maximum Gasteiger partial charge on any atom is 0.416 e. The second-order valence-electron chi connectivity index (χ2n) is 11.4. The molecule has 0 radical (unpaired) electrons. The molecule has 10 nitrogen and oxygen atoms in total. The number of alkyl halides is 3. The Balaban J connectivity index is 1.49. The Kier molecular flexibility index (Phi) is 9.92. The van der Waals surface area contributed by atoms with Gasteiger partial charge in [-0.1, -0.05) is 24.2 Å². The molecular formula is C33H33ClF3N5O5. The molecular weight excluding hydrogens is 639 g/mol. The first-order valence-electron chi connectivity index (χ1n) is 14.6. The molecule has 1 amide bonds. The zero-order valence-electron chi connectivity index (χ0n) is 25.7. The summed E-state index contributed by atoms with van der Waals surface area (Å²) in [5.74, 6) is -0.130. The van der Waals surface area contributed by atoms with Gasteiger partial charge in [0.05, 0.1) is 34.9 Å². The molecule has 248 valence electrons. The van der Waals surface area contributed by atoms with E-state index in [2.05, 4.69) is 26.8 Å². The van der Waals surface area contributed by atoms with Crippen LogP contribution in [0, 0.1) is 0 Å². The van der Waals surface area contributed by atoms with Crippen LogP contribution in [0.1, 0.15) is 30.5 Å².